The summed E-state index contributed by atoms with van der Waals surface area (Å²) in [5, 5.41) is 2.20. The third-order valence-electron chi connectivity index (χ3n) is 1.70. The third kappa shape index (κ3) is 1.81. The lowest BCUT2D eigenvalue weighted by atomic mass is 10.2. The number of benzene rings is 1. The zero-order chi connectivity index (χ0) is 10.7. The van der Waals surface area contributed by atoms with E-state index in [9.17, 15) is 13.6 Å². The van der Waals surface area contributed by atoms with Crippen molar-refractivity contribution in [2.75, 3.05) is 14.2 Å². The van der Waals surface area contributed by atoms with Gasteiger partial charge >= 0.3 is 0 Å². The van der Waals surface area contributed by atoms with Crippen LogP contribution >= 0.6 is 0 Å². The van der Waals surface area contributed by atoms with Crippen molar-refractivity contribution < 1.29 is 18.3 Å². The predicted molar refractivity (Wildman–Crippen MR) is 46.3 cm³/mol. The van der Waals surface area contributed by atoms with E-state index >= 15 is 0 Å². The Morgan fingerprint density at radius 1 is 1.43 bits per heavy atom. The molecule has 0 saturated heterocycles. The Bertz CT molecular complexity index is 366. The van der Waals surface area contributed by atoms with Crippen LogP contribution in [-0.2, 0) is 0 Å². The largest absolute Gasteiger partial charge is 0.494 e. The van der Waals surface area contributed by atoms with Gasteiger partial charge in [-0.2, -0.15) is 0 Å². The normalized spacial score (nSPS) is 9.71. The average molecular weight is 201 g/mol. The van der Waals surface area contributed by atoms with Gasteiger partial charge in [0.15, 0.2) is 11.6 Å². The van der Waals surface area contributed by atoms with Gasteiger partial charge in [0.2, 0.25) is 0 Å². The lowest BCUT2D eigenvalue weighted by Crippen LogP contribution is -2.19. The second-order valence-corrected chi connectivity index (χ2v) is 2.55. The van der Waals surface area contributed by atoms with Gasteiger partial charge in [0, 0.05) is 13.1 Å². The third-order valence-corrected chi connectivity index (χ3v) is 1.70. The molecule has 5 heteroatoms. The van der Waals surface area contributed by atoms with Gasteiger partial charge in [0.25, 0.3) is 5.91 Å². The van der Waals surface area contributed by atoms with E-state index in [0.717, 1.165) is 12.1 Å². The molecule has 1 aromatic rings. The molecule has 0 aromatic heterocycles. The van der Waals surface area contributed by atoms with Crippen LogP contribution in [0, 0.1) is 11.6 Å². The van der Waals surface area contributed by atoms with Crippen LogP contribution in [-0.4, -0.2) is 20.1 Å². The minimum atomic E-state index is -0.867. The first-order valence-electron chi connectivity index (χ1n) is 3.85. The number of carbonyl (C=O) groups excluding carboxylic acids is 1. The number of halogens is 2. The average Bonchev–Trinajstić information content (AvgIpc) is 2.19. The molecule has 76 valence electrons. The summed E-state index contributed by atoms with van der Waals surface area (Å²) in [6.45, 7) is 0. The molecule has 0 fully saturated rings. The molecule has 1 rings (SSSR count). The van der Waals surface area contributed by atoms with E-state index in [4.69, 9.17) is 0 Å². The Morgan fingerprint density at radius 2 is 2.07 bits per heavy atom. The van der Waals surface area contributed by atoms with Crippen molar-refractivity contribution in [3.05, 3.63) is 29.3 Å². The van der Waals surface area contributed by atoms with E-state index in [-0.39, 0.29) is 11.3 Å². The maximum atomic E-state index is 13.3. The van der Waals surface area contributed by atoms with E-state index < -0.39 is 17.5 Å². The summed E-state index contributed by atoms with van der Waals surface area (Å²) in [6, 6.07) is 1.69. The number of carbonyl (C=O) groups is 1. The minimum Gasteiger partial charge on any atom is -0.494 e. The number of ether oxygens (including phenoxy) is 1. The van der Waals surface area contributed by atoms with Crippen molar-refractivity contribution in [3.63, 3.8) is 0 Å². The number of rotatable bonds is 2. The van der Waals surface area contributed by atoms with Crippen LogP contribution < -0.4 is 10.1 Å². The Hall–Kier alpha value is -1.65. The summed E-state index contributed by atoms with van der Waals surface area (Å²) in [5.41, 5.74) is -0.371. The van der Waals surface area contributed by atoms with Crippen LogP contribution in [0.1, 0.15) is 10.4 Å². The molecule has 0 spiro atoms. The molecule has 0 unspecified atom stereocenters. The molecule has 0 aliphatic rings. The lowest BCUT2D eigenvalue weighted by Gasteiger charge is -2.06. The lowest BCUT2D eigenvalue weighted by molar-refractivity contribution is 0.0957. The molecule has 14 heavy (non-hydrogen) atoms. The van der Waals surface area contributed by atoms with E-state index in [1.165, 1.54) is 14.2 Å². The van der Waals surface area contributed by atoms with E-state index in [1.807, 2.05) is 0 Å². The second-order valence-electron chi connectivity index (χ2n) is 2.55. The molecule has 1 aromatic carbocycles. The first kappa shape index (κ1) is 10.4. The number of hydrogen-bond donors (Lipinski definition) is 1. The molecule has 0 atom stereocenters. The van der Waals surface area contributed by atoms with Crippen LogP contribution in [0.15, 0.2) is 12.1 Å². The molecule has 1 N–H and O–H groups in total. The molecule has 0 aliphatic heterocycles. The highest BCUT2D eigenvalue weighted by Gasteiger charge is 2.16. The topological polar surface area (TPSA) is 38.3 Å². The Balaban J connectivity index is 3.29. The standard InChI is InChI=1S/C9H9F2NO2/c1-12-9(13)6-3-5(10)4-7(14-2)8(6)11/h3-4H,1-2H3,(H,12,13). The smallest absolute Gasteiger partial charge is 0.254 e. The second kappa shape index (κ2) is 4.04. The molecule has 0 heterocycles. The van der Waals surface area contributed by atoms with Gasteiger partial charge in [-0.05, 0) is 6.07 Å². The predicted octanol–water partition coefficient (Wildman–Crippen LogP) is 1.33. The first-order valence-corrected chi connectivity index (χ1v) is 3.85. The van der Waals surface area contributed by atoms with E-state index in [2.05, 4.69) is 10.1 Å². The van der Waals surface area contributed by atoms with Gasteiger partial charge in [0.05, 0.1) is 12.7 Å². The fourth-order valence-electron chi connectivity index (χ4n) is 1.01. The quantitative estimate of drug-likeness (QED) is 0.783. The number of amides is 1. The van der Waals surface area contributed by atoms with Crippen molar-refractivity contribution in [3.8, 4) is 5.75 Å². The maximum Gasteiger partial charge on any atom is 0.254 e. The highest BCUT2D eigenvalue weighted by atomic mass is 19.1. The molecule has 0 saturated carbocycles. The monoisotopic (exact) mass is 201 g/mol. The molecule has 0 aliphatic carbocycles. The summed E-state index contributed by atoms with van der Waals surface area (Å²) in [4.78, 5) is 11.1. The first-order chi connectivity index (χ1) is 6.60. The molecular weight excluding hydrogens is 192 g/mol. The van der Waals surface area contributed by atoms with Crippen LogP contribution in [0.2, 0.25) is 0 Å². The van der Waals surface area contributed by atoms with Gasteiger partial charge in [-0.15, -0.1) is 0 Å². The molecule has 1 amide bonds. The van der Waals surface area contributed by atoms with Gasteiger partial charge in [0.1, 0.15) is 5.82 Å². The Kier molecular flexibility index (Phi) is 3.01. The molecule has 3 nitrogen and oxygen atoms in total. The molecule has 0 radical (unpaired) electrons. The number of hydrogen-bond acceptors (Lipinski definition) is 2. The van der Waals surface area contributed by atoms with Crippen molar-refractivity contribution in [2.45, 2.75) is 0 Å². The van der Waals surface area contributed by atoms with E-state index in [1.54, 1.807) is 0 Å². The molecular formula is C9H9F2NO2. The maximum absolute atomic E-state index is 13.3. The highest BCUT2D eigenvalue weighted by molar-refractivity contribution is 5.94. The van der Waals surface area contributed by atoms with Crippen molar-refractivity contribution in [1.82, 2.24) is 5.32 Å². The van der Waals surface area contributed by atoms with Gasteiger partial charge in [-0.25, -0.2) is 8.78 Å². The SMILES string of the molecule is CNC(=O)c1cc(F)cc(OC)c1F. The van der Waals surface area contributed by atoms with Crippen LogP contribution in [0.25, 0.3) is 0 Å². The zero-order valence-electron chi connectivity index (χ0n) is 7.73. The van der Waals surface area contributed by atoms with Gasteiger partial charge in [-0.1, -0.05) is 0 Å². The highest BCUT2D eigenvalue weighted by Crippen LogP contribution is 2.21. The van der Waals surface area contributed by atoms with Gasteiger partial charge in [-0.3, -0.25) is 4.79 Å². The van der Waals surface area contributed by atoms with Crippen molar-refractivity contribution >= 4 is 5.91 Å². The van der Waals surface area contributed by atoms with Crippen molar-refractivity contribution in [1.29, 1.82) is 0 Å². The fourth-order valence-corrected chi connectivity index (χ4v) is 1.01. The summed E-state index contributed by atoms with van der Waals surface area (Å²) >= 11 is 0. The number of methoxy groups -OCH3 is 1. The van der Waals surface area contributed by atoms with Crippen molar-refractivity contribution in [2.24, 2.45) is 0 Å². The Labute approximate surface area is 79.7 Å². The zero-order valence-corrected chi connectivity index (χ0v) is 7.73. The number of nitrogens with one attached hydrogen (secondary N) is 1. The summed E-state index contributed by atoms with van der Waals surface area (Å²) < 4.78 is 30.8. The van der Waals surface area contributed by atoms with E-state index in [0.29, 0.717) is 0 Å². The Morgan fingerprint density at radius 3 is 2.57 bits per heavy atom. The van der Waals surface area contributed by atoms with Crippen LogP contribution in [0.3, 0.4) is 0 Å². The minimum absolute atomic E-state index is 0.288. The van der Waals surface area contributed by atoms with Crippen LogP contribution in [0.5, 0.6) is 5.75 Å². The summed E-state index contributed by atoms with van der Waals surface area (Å²) in [5.74, 6) is -2.57. The fraction of sp³-hybridized carbons (Fsp3) is 0.222. The van der Waals surface area contributed by atoms with Gasteiger partial charge < -0.3 is 10.1 Å². The molecule has 0 bridgehead atoms. The van der Waals surface area contributed by atoms with Crippen LogP contribution in [0.4, 0.5) is 8.78 Å². The summed E-state index contributed by atoms with van der Waals surface area (Å²) in [7, 11) is 2.53. The summed E-state index contributed by atoms with van der Waals surface area (Å²) in [6.07, 6.45) is 0.